The topological polar surface area (TPSA) is 64.4 Å². The van der Waals surface area contributed by atoms with Gasteiger partial charge in [-0.1, -0.05) is 55.9 Å². The largest absolute Gasteiger partial charge is 0.375 e. The highest BCUT2D eigenvalue weighted by molar-refractivity contribution is 7.99. The molecule has 1 unspecified atom stereocenters. The van der Waals surface area contributed by atoms with Gasteiger partial charge in [-0.2, -0.15) is 0 Å². The average molecular weight is 438 g/mol. The molecule has 0 saturated carbocycles. The summed E-state index contributed by atoms with van der Waals surface area (Å²) >= 11 is 1.31. The minimum Gasteiger partial charge on any atom is -0.375 e. The number of carbonyl (C=O) groups is 1. The molecule has 4 rings (SSSR count). The van der Waals surface area contributed by atoms with Gasteiger partial charge in [0.25, 0.3) is 5.56 Å². The summed E-state index contributed by atoms with van der Waals surface area (Å²) in [7, 11) is 0. The second-order valence-electron chi connectivity index (χ2n) is 8.08. The van der Waals surface area contributed by atoms with Gasteiger partial charge in [-0.3, -0.25) is 14.2 Å². The zero-order valence-corrected chi connectivity index (χ0v) is 18.9. The Morgan fingerprint density at radius 3 is 2.71 bits per heavy atom. The number of para-hydroxylation sites is 2. The molecular weight excluding hydrogens is 410 g/mol. The monoisotopic (exact) mass is 437 g/mol. The lowest BCUT2D eigenvalue weighted by atomic mass is 10.0. The van der Waals surface area contributed by atoms with Crippen molar-refractivity contribution in [1.29, 1.82) is 0 Å². The molecule has 1 amide bonds. The summed E-state index contributed by atoms with van der Waals surface area (Å²) in [5, 5.41) is 1.10. The van der Waals surface area contributed by atoms with E-state index in [2.05, 4.69) is 13.8 Å². The molecule has 1 aliphatic heterocycles. The Morgan fingerprint density at radius 1 is 1.19 bits per heavy atom. The summed E-state index contributed by atoms with van der Waals surface area (Å²) in [6.07, 6.45) is 0.0394. The van der Waals surface area contributed by atoms with E-state index >= 15 is 0 Å². The third kappa shape index (κ3) is 4.52. The second-order valence-corrected chi connectivity index (χ2v) is 9.02. The number of rotatable bonds is 5. The minimum atomic E-state index is -0.117. The Hall–Kier alpha value is -2.64. The Labute approximate surface area is 186 Å². The van der Waals surface area contributed by atoms with Gasteiger partial charge >= 0.3 is 0 Å². The first-order valence-electron chi connectivity index (χ1n) is 10.6. The summed E-state index contributed by atoms with van der Waals surface area (Å²) in [6.45, 7) is 7.92. The first-order valence-corrected chi connectivity index (χ1v) is 11.6. The summed E-state index contributed by atoms with van der Waals surface area (Å²) < 4.78 is 7.20. The van der Waals surface area contributed by atoms with Crippen LogP contribution in [0.5, 0.6) is 0 Å². The molecule has 1 saturated heterocycles. The molecule has 162 valence electrons. The van der Waals surface area contributed by atoms with Crippen molar-refractivity contribution in [2.75, 3.05) is 25.4 Å². The second kappa shape index (κ2) is 9.24. The highest BCUT2D eigenvalue weighted by Gasteiger charge is 2.23. The van der Waals surface area contributed by atoms with Crippen LogP contribution in [0.1, 0.15) is 32.3 Å². The molecule has 1 fully saturated rings. The van der Waals surface area contributed by atoms with Crippen LogP contribution < -0.4 is 5.56 Å². The number of benzene rings is 2. The molecular formula is C24H27N3O3S. The van der Waals surface area contributed by atoms with Gasteiger partial charge in [-0.05, 0) is 36.6 Å². The van der Waals surface area contributed by atoms with Gasteiger partial charge in [0, 0.05) is 13.1 Å². The molecule has 31 heavy (non-hydrogen) atoms. The number of hydrogen-bond donors (Lipinski definition) is 0. The summed E-state index contributed by atoms with van der Waals surface area (Å²) in [4.78, 5) is 32.9. The maximum absolute atomic E-state index is 13.5. The van der Waals surface area contributed by atoms with Gasteiger partial charge < -0.3 is 9.64 Å². The van der Waals surface area contributed by atoms with Crippen LogP contribution in [-0.4, -0.2) is 51.9 Å². The van der Waals surface area contributed by atoms with Crippen molar-refractivity contribution in [3.63, 3.8) is 0 Å². The van der Waals surface area contributed by atoms with Crippen molar-refractivity contribution >= 4 is 28.6 Å². The number of thioether (sulfide) groups is 1. The van der Waals surface area contributed by atoms with Gasteiger partial charge in [0.05, 0.1) is 35.1 Å². The number of aromatic nitrogens is 2. The average Bonchev–Trinajstić information content (AvgIpc) is 2.77. The predicted octanol–water partition coefficient (Wildman–Crippen LogP) is 3.85. The number of ether oxygens (including phenoxy) is 1. The summed E-state index contributed by atoms with van der Waals surface area (Å²) in [5.41, 5.74) is 2.40. The zero-order valence-electron chi connectivity index (χ0n) is 18.1. The van der Waals surface area contributed by atoms with Crippen molar-refractivity contribution in [2.45, 2.75) is 37.9 Å². The number of nitrogens with zero attached hydrogens (tertiary/aromatic N) is 3. The molecule has 6 nitrogen and oxygen atoms in total. The lowest BCUT2D eigenvalue weighted by Gasteiger charge is -2.31. The van der Waals surface area contributed by atoms with Crippen LogP contribution in [-0.2, 0) is 9.53 Å². The smallest absolute Gasteiger partial charge is 0.266 e. The fourth-order valence-corrected chi connectivity index (χ4v) is 4.77. The SMILES string of the molecule is CC1CN(C(=O)CSc2nc3ccccc3c(=O)n2-c2ccccc2C(C)C)CCO1. The number of hydrogen-bond acceptors (Lipinski definition) is 5. The third-order valence-electron chi connectivity index (χ3n) is 5.46. The first kappa shape index (κ1) is 21.6. The normalized spacial score (nSPS) is 16.8. The van der Waals surface area contributed by atoms with Crippen molar-refractivity contribution in [1.82, 2.24) is 14.5 Å². The van der Waals surface area contributed by atoms with Crippen molar-refractivity contribution in [3.05, 3.63) is 64.4 Å². The van der Waals surface area contributed by atoms with Crippen LogP contribution >= 0.6 is 11.8 Å². The van der Waals surface area contributed by atoms with E-state index in [1.54, 1.807) is 10.6 Å². The van der Waals surface area contributed by atoms with Crippen molar-refractivity contribution < 1.29 is 9.53 Å². The van der Waals surface area contributed by atoms with Gasteiger partial charge in [-0.15, -0.1) is 0 Å². The Morgan fingerprint density at radius 2 is 1.94 bits per heavy atom. The summed E-state index contributed by atoms with van der Waals surface area (Å²) in [5.74, 6) is 0.497. The van der Waals surface area contributed by atoms with E-state index in [9.17, 15) is 9.59 Å². The lowest BCUT2D eigenvalue weighted by Crippen LogP contribution is -2.45. The molecule has 2 aromatic carbocycles. The van der Waals surface area contributed by atoms with Crippen LogP contribution in [0.2, 0.25) is 0 Å². The Kier molecular flexibility index (Phi) is 6.43. The third-order valence-corrected chi connectivity index (χ3v) is 6.39. The molecule has 1 aromatic heterocycles. The quantitative estimate of drug-likeness (QED) is 0.448. The van der Waals surface area contributed by atoms with E-state index < -0.39 is 0 Å². The molecule has 2 heterocycles. The van der Waals surface area contributed by atoms with E-state index in [0.717, 1.165) is 11.3 Å². The van der Waals surface area contributed by atoms with Crippen LogP contribution in [0.15, 0.2) is 58.5 Å². The minimum absolute atomic E-state index is 0.0336. The number of carbonyl (C=O) groups excluding carboxylic acids is 1. The highest BCUT2D eigenvalue weighted by atomic mass is 32.2. The molecule has 0 aliphatic carbocycles. The summed E-state index contributed by atoms with van der Waals surface area (Å²) in [6, 6.07) is 15.2. The zero-order chi connectivity index (χ0) is 22.0. The van der Waals surface area contributed by atoms with Crippen LogP contribution in [0.25, 0.3) is 16.6 Å². The van der Waals surface area contributed by atoms with Crippen molar-refractivity contribution in [3.8, 4) is 5.69 Å². The number of morpholine rings is 1. The molecule has 1 aliphatic rings. The molecule has 0 N–H and O–H groups in total. The maximum Gasteiger partial charge on any atom is 0.266 e. The van der Waals surface area contributed by atoms with Gasteiger partial charge in [0.15, 0.2) is 5.16 Å². The van der Waals surface area contributed by atoms with Crippen LogP contribution in [0.3, 0.4) is 0 Å². The van der Waals surface area contributed by atoms with Crippen molar-refractivity contribution in [2.24, 2.45) is 0 Å². The number of fused-ring (bicyclic) bond motifs is 1. The van der Waals surface area contributed by atoms with Gasteiger partial charge in [-0.25, -0.2) is 4.98 Å². The first-order chi connectivity index (χ1) is 15.0. The standard InChI is InChI=1S/C24H27N3O3S/c1-16(2)18-8-5-7-11-21(18)27-23(29)19-9-4-6-10-20(19)25-24(27)31-15-22(28)26-12-13-30-17(3)14-26/h4-11,16-17H,12-15H2,1-3H3. The lowest BCUT2D eigenvalue weighted by molar-refractivity contribution is -0.135. The van der Waals surface area contributed by atoms with E-state index in [0.29, 0.717) is 35.8 Å². The molecule has 0 spiro atoms. The molecule has 3 aromatic rings. The van der Waals surface area contributed by atoms with Gasteiger partial charge in [0.2, 0.25) is 5.91 Å². The highest BCUT2D eigenvalue weighted by Crippen LogP contribution is 2.27. The number of amides is 1. The molecule has 0 radical (unpaired) electrons. The Bertz CT molecular complexity index is 1160. The fraction of sp³-hybridized carbons (Fsp3) is 0.375. The van der Waals surface area contributed by atoms with Gasteiger partial charge in [0.1, 0.15) is 0 Å². The fourth-order valence-electron chi connectivity index (χ4n) is 3.86. The van der Waals surface area contributed by atoms with Crippen LogP contribution in [0.4, 0.5) is 0 Å². The van der Waals surface area contributed by atoms with E-state index in [-0.39, 0.29) is 29.2 Å². The Balaban J connectivity index is 1.75. The van der Waals surface area contributed by atoms with Crippen LogP contribution in [0, 0.1) is 0 Å². The van der Waals surface area contributed by atoms with E-state index in [4.69, 9.17) is 9.72 Å². The predicted molar refractivity (Wildman–Crippen MR) is 124 cm³/mol. The van der Waals surface area contributed by atoms with E-state index in [1.165, 1.54) is 11.8 Å². The molecule has 7 heteroatoms. The maximum atomic E-state index is 13.5. The van der Waals surface area contributed by atoms with E-state index in [1.807, 2.05) is 54.3 Å². The molecule has 1 atom stereocenters. The molecule has 0 bridgehead atoms.